The van der Waals surface area contributed by atoms with Gasteiger partial charge in [-0.1, -0.05) is 11.6 Å². The van der Waals surface area contributed by atoms with E-state index in [1.165, 1.54) is 7.11 Å². The summed E-state index contributed by atoms with van der Waals surface area (Å²) in [6, 6.07) is 5.41. The van der Waals surface area contributed by atoms with Crippen LogP contribution in [0.5, 0.6) is 5.75 Å². The van der Waals surface area contributed by atoms with Crippen molar-refractivity contribution in [1.82, 2.24) is 10.3 Å². The van der Waals surface area contributed by atoms with Crippen molar-refractivity contribution >= 4 is 23.2 Å². The SMILES string of the molecule is COc1c(NC2CCOCC2)cc(Cl)cc1C(=O)NCc1c(C)cc(C)[nH]c1=O. The Morgan fingerprint density at radius 3 is 2.66 bits per heavy atom. The smallest absolute Gasteiger partial charge is 0.255 e. The van der Waals surface area contributed by atoms with Crippen molar-refractivity contribution in [3.05, 3.63) is 56.0 Å². The van der Waals surface area contributed by atoms with Gasteiger partial charge in [0.1, 0.15) is 0 Å². The number of aromatic amines is 1. The van der Waals surface area contributed by atoms with Gasteiger partial charge in [0.25, 0.3) is 11.5 Å². The van der Waals surface area contributed by atoms with Crippen LogP contribution in [0.25, 0.3) is 0 Å². The molecule has 1 aliphatic rings. The lowest BCUT2D eigenvalue weighted by molar-refractivity contribution is 0.0903. The fourth-order valence-electron chi connectivity index (χ4n) is 3.52. The third kappa shape index (κ3) is 5.10. The number of halogens is 1. The van der Waals surface area contributed by atoms with E-state index in [9.17, 15) is 9.59 Å². The first-order valence-corrected chi connectivity index (χ1v) is 9.96. The molecule has 1 amide bonds. The molecule has 0 atom stereocenters. The lowest BCUT2D eigenvalue weighted by atomic mass is 10.1. The average molecular weight is 420 g/mol. The van der Waals surface area contributed by atoms with E-state index in [2.05, 4.69) is 15.6 Å². The molecule has 29 heavy (non-hydrogen) atoms. The maximum absolute atomic E-state index is 12.9. The highest BCUT2D eigenvalue weighted by Crippen LogP contribution is 2.34. The van der Waals surface area contributed by atoms with Crippen LogP contribution in [0.3, 0.4) is 0 Å². The van der Waals surface area contributed by atoms with Crippen LogP contribution in [0.2, 0.25) is 5.02 Å². The van der Waals surface area contributed by atoms with Crippen molar-refractivity contribution in [2.75, 3.05) is 25.6 Å². The molecule has 0 unspecified atom stereocenters. The topological polar surface area (TPSA) is 92.4 Å². The normalized spacial score (nSPS) is 14.5. The molecular weight excluding hydrogens is 394 g/mol. The van der Waals surface area contributed by atoms with Gasteiger partial charge in [-0.3, -0.25) is 9.59 Å². The van der Waals surface area contributed by atoms with Gasteiger partial charge in [0, 0.05) is 42.1 Å². The van der Waals surface area contributed by atoms with Crippen molar-refractivity contribution < 1.29 is 14.3 Å². The predicted octanol–water partition coefficient (Wildman–Crippen LogP) is 3.17. The quantitative estimate of drug-likeness (QED) is 0.668. The Morgan fingerprint density at radius 1 is 1.28 bits per heavy atom. The van der Waals surface area contributed by atoms with E-state index in [0.29, 0.717) is 40.8 Å². The number of hydrogen-bond donors (Lipinski definition) is 3. The van der Waals surface area contributed by atoms with Gasteiger partial charge >= 0.3 is 0 Å². The number of pyridine rings is 1. The number of amides is 1. The van der Waals surface area contributed by atoms with Gasteiger partial charge in [-0.05, 0) is 50.5 Å². The minimum Gasteiger partial charge on any atom is -0.494 e. The molecule has 1 aromatic carbocycles. The molecule has 3 rings (SSSR count). The molecule has 1 fully saturated rings. The second-order valence-electron chi connectivity index (χ2n) is 7.19. The second kappa shape index (κ2) is 9.33. The number of methoxy groups -OCH3 is 1. The van der Waals surface area contributed by atoms with Crippen LogP contribution in [0.15, 0.2) is 23.0 Å². The Labute approximate surface area is 174 Å². The maximum Gasteiger partial charge on any atom is 0.255 e. The molecule has 0 radical (unpaired) electrons. The summed E-state index contributed by atoms with van der Waals surface area (Å²) in [5.41, 5.74) is 2.90. The molecule has 2 heterocycles. The van der Waals surface area contributed by atoms with Crippen LogP contribution < -0.4 is 20.9 Å². The number of H-pyrrole nitrogens is 1. The van der Waals surface area contributed by atoms with Gasteiger partial charge in [-0.15, -0.1) is 0 Å². The fraction of sp³-hybridized carbons (Fsp3) is 0.429. The largest absolute Gasteiger partial charge is 0.494 e. The Hall–Kier alpha value is -2.51. The van der Waals surface area contributed by atoms with E-state index in [-0.39, 0.29) is 24.1 Å². The van der Waals surface area contributed by atoms with Crippen molar-refractivity contribution in [2.24, 2.45) is 0 Å². The van der Waals surface area contributed by atoms with E-state index < -0.39 is 0 Å². The van der Waals surface area contributed by atoms with Crippen molar-refractivity contribution in [1.29, 1.82) is 0 Å². The highest BCUT2D eigenvalue weighted by molar-refractivity contribution is 6.31. The minimum absolute atomic E-state index is 0.110. The summed E-state index contributed by atoms with van der Waals surface area (Å²) in [5, 5.41) is 6.64. The zero-order valence-electron chi connectivity index (χ0n) is 16.9. The van der Waals surface area contributed by atoms with Gasteiger partial charge in [-0.2, -0.15) is 0 Å². The number of hydrogen-bond acceptors (Lipinski definition) is 5. The summed E-state index contributed by atoms with van der Waals surface area (Å²) in [4.78, 5) is 27.8. The molecule has 1 aromatic heterocycles. The summed E-state index contributed by atoms with van der Waals surface area (Å²) >= 11 is 6.27. The fourth-order valence-corrected chi connectivity index (χ4v) is 3.73. The van der Waals surface area contributed by atoms with E-state index in [4.69, 9.17) is 21.1 Å². The lowest BCUT2D eigenvalue weighted by Gasteiger charge is -2.25. The third-order valence-electron chi connectivity index (χ3n) is 5.00. The Morgan fingerprint density at radius 2 is 2.00 bits per heavy atom. The molecule has 1 saturated heterocycles. The summed E-state index contributed by atoms with van der Waals surface area (Å²) in [7, 11) is 1.52. The molecule has 0 spiro atoms. The molecule has 3 N–H and O–H groups in total. The predicted molar refractivity (Wildman–Crippen MR) is 113 cm³/mol. The number of anilines is 1. The van der Waals surface area contributed by atoms with Gasteiger partial charge < -0.3 is 25.1 Å². The summed E-state index contributed by atoms with van der Waals surface area (Å²) in [6.07, 6.45) is 1.74. The minimum atomic E-state index is -0.362. The standard InChI is InChI=1S/C21H26ClN3O4/c1-12-8-13(2)24-21(27)17(12)11-23-20(26)16-9-14(22)10-18(19(16)28-3)25-15-4-6-29-7-5-15/h8-10,15,25H,4-7,11H2,1-3H3,(H,23,26)(H,24,27). The summed E-state index contributed by atoms with van der Waals surface area (Å²) < 4.78 is 10.9. The number of rotatable bonds is 6. The van der Waals surface area contributed by atoms with Crippen LogP contribution >= 0.6 is 11.6 Å². The highest BCUT2D eigenvalue weighted by Gasteiger charge is 2.21. The third-order valence-corrected chi connectivity index (χ3v) is 5.22. The lowest BCUT2D eigenvalue weighted by Crippen LogP contribution is -2.29. The van der Waals surface area contributed by atoms with E-state index in [1.807, 2.05) is 19.9 Å². The zero-order chi connectivity index (χ0) is 21.0. The summed E-state index contributed by atoms with van der Waals surface area (Å²) in [6.45, 7) is 5.16. The summed E-state index contributed by atoms with van der Waals surface area (Å²) in [5.74, 6) is 0.0617. The second-order valence-corrected chi connectivity index (χ2v) is 7.63. The molecule has 8 heteroatoms. The maximum atomic E-state index is 12.9. The van der Waals surface area contributed by atoms with Crippen LogP contribution in [0.1, 0.15) is 40.0 Å². The number of benzene rings is 1. The first-order chi connectivity index (χ1) is 13.9. The number of carbonyl (C=O) groups is 1. The van der Waals surface area contributed by atoms with Crippen LogP contribution in [-0.4, -0.2) is 37.3 Å². The molecule has 0 saturated carbocycles. The van der Waals surface area contributed by atoms with E-state index in [0.717, 1.165) is 24.1 Å². The number of carbonyl (C=O) groups excluding carboxylic acids is 1. The molecule has 2 aromatic rings. The van der Waals surface area contributed by atoms with Crippen LogP contribution in [0.4, 0.5) is 5.69 Å². The van der Waals surface area contributed by atoms with Crippen molar-refractivity contribution in [2.45, 2.75) is 39.3 Å². The number of aromatic nitrogens is 1. The Kier molecular flexibility index (Phi) is 6.82. The van der Waals surface area contributed by atoms with E-state index in [1.54, 1.807) is 12.1 Å². The van der Waals surface area contributed by atoms with E-state index >= 15 is 0 Å². The molecule has 156 valence electrons. The van der Waals surface area contributed by atoms with Crippen molar-refractivity contribution in [3.63, 3.8) is 0 Å². The number of nitrogens with one attached hydrogen (secondary N) is 3. The first-order valence-electron chi connectivity index (χ1n) is 9.58. The average Bonchev–Trinajstić information content (AvgIpc) is 2.67. The number of ether oxygens (including phenoxy) is 2. The molecule has 0 bridgehead atoms. The molecule has 0 aliphatic carbocycles. The molecule has 7 nitrogen and oxygen atoms in total. The Balaban J connectivity index is 1.81. The van der Waals surface area contributed by atoms with Gasteiger partial charge in [0.05, 0.1) is 18.4 Å². The van der Waals surface area contributed by atoms with Crippen molar-refractivity contribution in [3.8, 4) is 5.75 Å². The van der Waals surface area contributed by atoms with Gasteiger partial charge in [0.15, 0.2) is 5.75 Å². The van der Waals surface area contributed by atoms with Gasteiger partial charge in [0.2, 0.25) is 0 Å². The number of aryl methyl sites for hydroxylation is 2. The molecular formula is C21H26ClN3O4. The van der Waals surface area contributed by atoms with Crippen LogP contribution in [-0.2, 0) is 11.3 Å². The van der Waals surface area contributed by atoms with Crippen LogP contribution in [0, 0.1) is 13.8 Å². The Bertz CT molecular complexity index is 952. The molecule has 1 aliphatic heterocycles. The monoisotopic (exact) mass is 419 g/mol. The highest BCUT2D eigenvalue weighted by atomic mass is 35.5. The zero-order valence-corrected chi connectivity index (χ0v) is 17.6. The van der Waals surface area contributed by atoms with Gasteiger partial charge in [-0.25, -0.2) is 0 Å². The first kappa shape index (κ1) is 21.2.